The predicted molar refractivity (Wildman–Crippen MR) is 94.7 cm³/mol. The molecule has 0 saturated heterocycles. The molecule has 0 saturated carbocycles. The molecule has 0 aromatic heterocycles. The molecule has 0 atom stereocenters. The van der Waals surface area contributed by atoms with Crippen molar-refractivity contribution in [2.75, 3.05) is 24.3 Å². The summed E-state index contributed by atoms with van der Waals surface area (Å²) in [4.78, 5) is 35.0. The molecule has 3 N–H and O–H groups in total. The molecule has 0 bridgehead atoms. The van der Waals surface area contributed by atoms with E-state index in [9.17, 15) is 14.4 Å². The normalized spacial score (nSPS) is 9.84. The van der Waals surface area contributed by atoms with Crippen molar-refractivity contribution in [2.45, 2.75) is 6.92 Å². The van der Waals surface area contributed by atoms with Gasteiger partial charge in [0.15, 0.2) is 0 Å². The fourth-order valence-corrected chi connectivity index (χ4v) is 2.13. The summed E-state index contributed by atoms with van der Waals surface area (Å²) in [5, 5.41) is 7.84. The molecule has 3 amide bonds. The van der Waals surface area contributed by atoms with Gasteiger partial charge in [0.25, 0.3) is 5.91 Å². The Bertz CT molecular complexity index is 772. The summed E-state index contributed by atoms with van der Waals surface area (Å²) in [6.45, 7) is 1.24. The van der Waals surface area contributed by atoms with Crippen molar-refractivity contribution in [1.29, 1.82) is 0 Å². The molecule has 25 heavy (non-hydrogen) atoms. The summed E-state index contributed by atoms with van der Waals surface area (Å²) in [7, 11) is 1.48. The third-order valence-corrected chi connectivity index (χ3v) is 3.25. The van der Waals surface area contributed by atoms with Gasteiger partial charge < -0.3 is 20.7 Å². The lowest BCUT2D eigenvalue weighted by Gasteiger charge is -2.10. The number of anilines is 2. The monoisotopic (exact) mass is 341 g/mol. The number of carbonyl (C=O) groups is 3. The van der Waals surface area contributed by atoms with E-state index >= 15 is 0 Å². The molecule has 7 nitrogen and oxygen atoms in total. The average Bonchev–Trinajstić information content (AvgIpc) is 2.61. The van der Waals surface area contributed by atoms with E-state index < -0.39 is 5.91 Å². The first kappa shape index (κ1) is 18.0. The smallest absolute Gasteiger partial charge is 0.255 e. The third-order valence-electron chi connectivity index (χ3n) is 3.25. The summed E-state index contributed by atoms with van der Waals surface area (Å²) < 4.78 is 5.12. The summed E-state index contributed by atoms with van der Waals surface area (Å²) in [5.41, 5.74) is 1.55. The van der Waals surface area contributed by atoms with Crippen molar-refractivity contribution in [2.24, 2.45) is 0 Å². The van der Waals surface area contributed by atoms with Crippen LogP contribution in [0.1, 0.15) is 17.3 Å². The van der Waals surface area contributed by atoms with Gasteiger partial charge in [0.05, 0.1) is 19.2 Å². The SMILES string of the molecule is COc1ccccc1C(=O)NCC(=O)Nc1ccc(NC(C)=O)cc1. The minimum absolute atomic E-state index is 0.171. The maximum absolute atomic E-state index is 12.1. The number of hydrogen-bond acceptors (Lipinski definition) is 4. The molecular weight excluding hydrogens is 322 g/mol. The molecule has 2 rings (SSSR count). The number of carbonyl (C=O) groups excluding carboxylic acids is 3. The first-order valence-corrected chi connectivity index (χ1v) is 7.58. The Morgan fingerprint density at radius 3 is 2.12 bits per heavy atom. The Kier molecular flexibility index (Phi) is 6.11. The molecule has 0 heterocycles. The molecule has 0 radical (unpaired) electrons. The molecule has 2 aromatic rings. The van der Waals surface area contributed by atoms with Crippen LogP contribution in [0.2, 0.25) is 0 Å². The van der Waals surface area contributed by atoms with Crippen molar-refractivity contribution in [1.82, 2.24) is 5.32 Å². The van der Waals surface area contributed by atoms with Gasteiger partial charge in [-0.25, -0.2) is 0 Å². The minimum Gasteiger partial charge on any atom is -0.496 e. The number of ether oxygens (including phenoxy) is 1. The van der Waals surface area contributed by atoms with E-state index in [1.54, 1.807) is 48.5 Å². The van der Waals surface area contributed by atoms with Crippen molar-refractivity contribution < 1.29 is 19.1 Å². The van der Waals surface area contributed by atoms with E-state index in [2.05, 4.69) is 16.0 Å². The quantitative estimate of drug-likeness (QED) is 0.749. The number of hydrogen-bond donors (Lipinski definition) is 3. The molecular formula is C18H19N3O4. The Morgan fingerprint density at radius 1 is 0.920 bits per heavy atom. The number of amides is 3. The highest BCUT2D eigenvalue weighted by Crippen LogP contribution is 2.17. The number of para-hydroxylation sites is 1. The Labute approximate surface area is 145 Å². The zero-order valence-corrected chi connectivity index (χ0v) is 14.0. The summed E-state index contributed by atoms with van der Waals surface area (Å²) in [6, 6.07) is 13.4. The Morgan fingerprint density at radius 2 is 1.52 bits per heavy atom. The van der Waals surface area contributed by atoms with E-state index in [-0.39, 0.29) is 18.4 Å². The lowest BCUT2D eigenvalue weighted by molar-refractivity contribution is -0.115. The Hall–Kier alpha value is -3.35. The third kappa shape index (κ3) is 5.35. The molecule has 2 aromatic carbocycles. The zero-order valence-electron chi connectivity index (χ0n) is 14.0. The molecule has 0 aliphatic rings. The van der Waals surface area contributed by atoms with Gasteiger partial charge in [-0.3, -0.25) is 14.4 Å². The summed E-state index contributed by atoms with van der Waals surface area (Å²) in [5.74, 6) is -0.492. The van der Waals surface area contributed by atoms with Crippen LogP contribution in [0.5, 0.6) is 5.75 Å². The molecule has 0 spiro atoms. The molecule has 0 fully saturated rings. The van der Waals surface area contributed by atoms with Gasteiger partial charge in [-0.1, -0.05) is 12.1 Å². The van der Waals surface area contributed by atoms with E-state index in [1.807, 2.05) is 0 Å². The number of benzene rings is 2. The van der Waals surface area contributed by atoms with E-state index in [0.717, 1.165) is 0 Å². The van der Waals surface area contributed by atoms with Gasteiger partial charge in [0.1, 0.15) is 5.75 Å². The lowest BCUT2D eigenvalue weighted by atomic mass is 10.2. The molecule has 7 heteroatoms. The van der Waals surface area contributed by atoms with Crippen molar-refractivity contribution in [3.8, 4) is 5.75 Å². The highest BCUT2D eigenvalue weighted by molar-refractivity contribution is 6.01. The number of nitrogens with one attached hydrogen (secondary N) is 3. The summed E-state index contributed by atoms with van der Waals surface area (Å²) in [6.07, 6.45) is 0. The highest BCUT2D eigenvalue weighted by atomic mass is 16.5. The average molecular weight is 341 g/mol. The van der Waals surface area contributed by atoms with E-state index in [1.165, 1.54) is 14.0 Å². The minimum atomic E-state index is -0.395. The van der Waals surface area contributed by atoms with Crippen LogP contribution in [0.15, 0.2) is 48.5 Å². The largest absolute Gasteiger partial charge is 0.496 e. The first-order chi connectivity index (χ1) is 12.0. The van der Waals surface area contributed by atoms with Crippen LogP contribution in [0.25, 0.3) is 0 Å². The molecule has 0 unspecified atom stereocenters. The van der Waals surface area contributed by atoms with Gasteiger partial charge in [-0.2, -0.15) is 0 Å². The fourth-order valence-electron chi connectivity index (χ4n) is 2.13. The van der Waals surface area contributed by atoms with Crippen molar-refractivity contribution in [3.05, 3.63) is 54.1 Å². The van der Waals surface area contributed by atoms with Crippen LogP contribution < -0.4 is 20.7 Å². The second kappa shape index (κ2) is 8.49. The van der Waals surface area contributed by atoms with E-state index in [4.69, 9.17) is 4.74 Å². The van der Waals surface area contributed by atoms with Gasteiger partial charge in [-0.05, 0) is 36.4 Å². The standard InChI is InChI=1S/C18H19N3O4/c1-12(22)20-13-7-9-14(10-8-13)21-17(23)11-19-18(24)15-5-3-4-6-16(15)25-2/h3-10H,11H2,1-2H3,(H,19,24)(H,20,22)(H,21,23). The fraction of sp³-hybridized carbons (Fsp3) is 0.167. The summed E-state index contributed by atoms with van der Waals surface area (Å²) >= 11 is 0. The first-order valence-electron chi connectivity index (χ1n) is 7.58. The molecule has 130 valence electrons. The second-order valence-corrected chi connectivity index (χ2v) is 5.19. The highest BCUT2D eigenvalue weighted by Gasteiger charge is 2.12. The topological polar surface area (TPSA) is 96.5 Å². The van der Waals surface area contributed by atoms with Crippen molar-refractivity contribution in [3.63, 3.8) is 0 Å². The predicted octanol–water partition coefficient (Wildman–Crippen LogP) is 2.02. The second-order valence-electron chi connectivity index (χ2n) is 5.19. The van der Waals surface area contributed by atoms with Crippen LogP contribution in [-0.4, -0.2) is 31.4 Å². The number of rotatable bonds is 6. The van der Waals surface area contributed by atoms with Gasteiger partial charge in [-0.15, -0.1) is 0 Å². The van der Waals surface area contributed by atoms with E-state index in [0.29, 0.717) is 22.7 Å². The van der Waals surface area contributed by atoms with Gasteiger partial charge >= 0.3 is 0 Å². The molecule has 0 aliphatic heterocycles. The van der Waals surface area contributed by atoms with Crippen LogP contribution in [0, 0.1) is 0 Å². The number of methoxy groups -OCH3 is 1. The van der Waals surface area contributed by atoms with Crippen molar-refractivity contribution >= 4 is 29.1 Å². The van der Waals surface area contributed by atoms with Gasteiger partial charge in [0, 0.05) is 18.3 Å². The lowest BCUT2D eigenvalue weighted by Crippen LogP contribution is -2.33. The van der Waals surface area contributed by atoms with Crippen LogP contribution in [-0.2, 0) is 9.59 Å². The Balaban J connectivity index is 1.88. The molecule has 0 aliphatic carbocycles. The zero-order chi connectivity index (χ0) is 18.2. The van der Waals surface area contributed by atoms with Gasteiger partial charge in [0.2, 0.25) is 11.8 Å². The maximum atomic E-state index is 12.1. The van der Waals surface area contributed by atoms with Crippen LogP contribution >= 0.6 is 0 Å². The van der Waals surface area contributed by atoms with Crippen LogP contribution in [0.4, 0.5) is 11.4 Å². The van der Waals surface area contributed by atoms with Crippen LogP contribution in [0.3, 0.4) is 0 Å². The maximum Gasteiger partial charge on any atom is 0.255 e.